The lowest BCUT2D eigenvalue weighted by Gasteiger charge is -2.06. The normalized spacial score (nSPS) is 10.3. The molecule has 8 nitrogen and oxygen atoms in total. The van der Waals surface area contributed by atoms with Crippen molar-refractivity contribution in [2.45, 2.75) is 6.42 Å². The summed E-state index contributed by atoms with van der Waals surface area (Å²) in [6.45, 7) is 3.79. The van der Waals surface area contributed by atoms with Gasteiger partial charge in [0.2, 0.25) is 0 Å². The van der Waals surface area contributed by atoms with Gasteiger partial charge in [-0.1, -0.05) is 6.07 Å². The molecule has 146 valence electrons. The smallest absolute Gasteiger partial charge is 0.308 e. The molecule has 3 N–H and O–H groups in total. The second kappa shape index (κ2) is 19.3. The van der Waals surface area contributed by atoms with Crippen molar-refractivity contribution in [3.8, 4) is 0 Å². The van der Waals surface area contributed by atoms with Gasteiger partial charge in [0.25, 0.3) is 0 Å². The summed E-state index contributed by atoms with van der Waals surface area (Å²) in [6.07, 6.45) is 0.150. The van der Waals surface area contributed by atoms with Crippen LogP contribution in [-0.4, -0.2) is 87.4 Å². The Labute approximate surface area is 151 Å². The van der Waals surface area contributed by atoms with Gasteiger partial charge in [0.1, 0.15) is 0 Å². The fourth-order valence-electron chi connectivity index (χ4n) is 1.45. The Hall–Kier alpha value is -1.07. The summed E-state index contributed by atoms with van der Waals surface area (Å²) >= 11 is 1.47. The summed E-state index contributed by atoms with van der Waals surface area (Å²) in [5.74, 6) is -0.766. The molecular formula is C16H28O8S. The molecule has 0 amide bonds. The van der Waals surface area contributed by atoms with Gasteiger partial charge in [-0.05, 0) is 11.4 Å². The lowest BCUT2D eigenvalue weighted by atomic mass is 10.3. The van der Waals surface area contributed by atoms with E-state index in [9.17, 15) is 4.79 Å². The van der Waals surface area contributed by atoms with E-state index in [1.165, 1.54) is 11.3 Å². The minimum Gasteiger partial charge on any atom is -0.481 e. The van der Waals surface area contributed by atoms with Crippen LogP contribution in [0.2, 0.25) is 0 Å². The van der Waals surface area contributed by atoms with Crippen molar-refractivity contribution in [3.05, 3.63) is 22.4 Å². The Morgan fingerprint density at radius 2 is 1.28 bits per heavy atom. The zero-order valence-electron chi connectivity index (χ0n) is 14.3. The SMILES string of the molecule is O=C(O)Cc1cccs1.OCCOCCOCCOCCOCCO. The molecule has 0 aromatic carbocycles. The molecular weight excluding hydrogens is 352 g/mol. The van der Waals surface area contributed by atoms with E-state index >= 15 is 0 Å². The van der Waals surface area contributed by atoms with E-state index in [-0.39, 0.29) is 19.6 Å². The van der Waals surface area contributed by atoms with Crippen molar-refractivity contribution in [1.29, 1.82) is 0 Å². The fraction of sp³-hybridized carbons (Fsp3) is 0.688. The molecule has 0 unspecified atom stereocenters. The monoisotopic (exact) mass is 380 g/mol. The lowest BCUT2D eigenvalue weighted by molar-refractivity contribution is -0.136. The Morgan fingerprint density at radius 1 is 0.840 bits per heavy atom. The maximum Gasteiger partial charge on any atom is 0.308 e. The highest BCUT2D eigenvalue weighted by Gasteiger charge is 1.98. The highest BCUT2D eigenvalue weighted by molar-refractivity contribution is 7.10. The summed E-state index contributed by atoms with van der Waals surface area (Å²) in [5, 5.41) is 27.0. The Bertz CT molecular complexity index is 371. The molecule has 1 heterocycles. The van der Waals surface area contributed by atoms with E-state index in [4.69, 9.17) is 34.3 Å². The largest absolute Gasteiger partial charge is 0.481 e. The van der Waals surface area contributed by atoms with Crippen molar-refractivity contribution >= 4 is 17.3 Å². The predicted molar refractivity (Wildman–Crippen MR) is 93.1 cm³/mol. The van der Waals surface area contributed by atoms with Crippen LogP contribution in [0.1, 0.15) is 4.88 Å². The van der Waals surface area contributed by atoms with Crippen LogP contribution < -0.4 is 0 Å². The number of aliphatic hydroxyl groups excluding tert-OH is 2. The van der Waals surface area contributed by atoms with Crippen LogP contribution in [0.5, 0.6) is 0 Å². The number of hydrogen-bond acceptors (Lipinski definition) is 8. The molecule has 0 bridgehead atoms. The molecule has 1 aromatic rings. The van der Waals surface area contributed by atoms with Crippen molar-refractivity contribution in [3.63, 3.8) is 0 Å². The summed E-state index contributed by atoms with van der Waals surface area (Å²) < 4.78 is 20.4. The van der Waals surface area contributed by atoms with Gasteiger partial charge in [-0.25, -0.2) is 0 Å². The van der Waals surface area contributed by atoms with Gasteiger partial charge in [0, 0.05) is 4.88 Å². The molecule has 1 rings (SSSR count). The molecule has 0 saturated heterocycles. The highest BCUT2D eigenvalue weighted by Crippen LogP contribution is 2.08. The van der Waals surface area contributed by atoms with Gasteiger partial charge < -0.3 is 34.3 Å². The van der Waals surface area contributed by atoms with Gasteiger partial charge in [0.15, 0.2) is 0 Å². The summed E-state index contributed by atoms with van der Waals surface area (Å²) in [4.78, 5) is 11.0. The first kappa shape index (κ1) is 23.9. The summed E-state index contributed by atoms with van der Waals surface area (Å²) in [7, 11) is 0. The average molecular weight is 380 g/mol. The first-order valence-corrected chi connectivity index (χ1v) is 8.85. The lowest BCUT2D eigenvalue weighted by Crippen LogP contribution is -2.13. The Morgan fingerprint density at radius 3 is 1.60 bits per heavy atom. The second-order valence-corrected chi connectivity index (χ2v) is 5.58. The van der Waals surface area contributed by atoms with Gasteiger partial charge in [-0.3, -0.25) is 4.79 Å². The van der Waals surface area contributed by atoms with Crippen LogP contribution in [-0.2, 0) is 30.2 Å². The molecule has 25 heavy (non-hydrogen) atoms. The number of carbonyl (C=O) groups is 1. The highest BCUT2D eigenvalue weighted by atomic mass is 32.1. The van der Waals surface area contributed by atoms with Gasteiger partial charge in [-0.15, -0.1) is 11.3 Å². The van der Waals surface area contributed by atoms with E-state index in [1.54, 1.807) is 0 Å². The molecule has 0 aliphatic rings. The first-order chi connectivity index (χ1) is 12.2. The molecule has 9 heteroatoms. The number of thiophene rings is 1. The minimum atomic E-state index is -0.766. The van der Waals surface area contributed by atoms with Crippen LogP contribution in [0.25, 0.3) is 0 Å². The number of hydrogen-bond donors (Lipinski definition) is 3. The summed E-state index contributed by atoms with van der Waals surface area (Å²) in [5.41, 5.74) is 0. The quantitative estimate of drug-likeness (QED) is 0.375. The third-order valence-electron chi connectivity index (χ3n) is 2.49. The Balaban J connectivity index is 0.000000535. The van der Waals surface area contributed by atoms with Crippen LogP contribution in [0, 0.1) is 0 Å². The molecule has 0 saturated carbocycles. The van der Waals surface area contributed by atoms with Crippen molar-refractivity contribution in [1.82, 2.24) is 0 Å². The number of aliphatic hydroxyl groups is 2. The summed E-state index contributed by atoms with van der Waals surface area (Å²) in [6, 6.07) is 3.67. The third-order valence-corrected chi connectivity index (χ3v) is 3.37. The molecule has 1 aromatic heterocycles. The van der Waals surface area contributed by atoms with E-state index in [2.05, 4.69) is 0 Å². The van der Waals surface area contributed by atoms with Crippen LogP contribution in [0.3, 0.4) is 0 Å². The van der Waals surface area contributed by atoms with E-state index in [0.29, 0.717) is 52.9 Å². The average Bonchev–Trinajstić information content (AvgIpc) is 3.09. The molecule has 0 radical (unpaired) electrons. The van der Waals surface area contributed by atoms with E-state index in [0.717, 1.165) is 4.88 Å². The number of rotatable bonds is 15. The van der Waals surface area contributed by atoms with Crippen LogP contribution in [0.15, 0.2) is 17.5 Å². The van der Waals surface area contributed by atoms with Crippen molar-refractivity contribution in [2.24, 2.45) is 0 Å². The van der Waals surface area contributed by atoms with Crippen LogP contribution in [0.4, 0.5) is 0 Å². The molecule has 0 aliphatic carbocycles. The number of carboxylic acids is 1. The van der Waals surface area contributed by atoms with Gasteiger partial charge in [-0.2, -0.15) is 0 Å². The molecule has 0 atom stereocenters. The molecule has 0 fully saturated rings. The molecule has 0 spiro atoms. The number of carboxylic acid groups (broad SMARTS) is 1. The third kappa shape index (κ3) is 19.1. The fourth-order valence-corrected chi connectivity index (χ4v) is 2.15. The molecule has 0 aliphatic heterocycles. The standard InChI is InChI=1S/C10H22O6.C6H6O2S/c11-1-3-13-5-7-15-9-10-16-8-6-14-4-2-12;7-6(8)4-5-2-1-3-9-5/h11-12H,1-10H2;1-3H,4H2,(H,7,8). The minimum absolute atomic E-state index is 0.0386. The zero-order chi connectivity index (χ0) is 18.6. The maximum absolute atomic E-state index is 10.1. The van der Waals surface area contributed by atoms with Crippen molar-refractivity contribution in [2.75, 3.05) is 66.1 Å². The van der Waals surface area contributed by atoms with Crippen LogP contribution >= 0.6 is 11.3 Å². The topological polar surface area (TPSA) is 115 Å². The maximum atomic E-state index is 10.1. The first-order valence-electron chi connectivity index (χ1n) is 7.97. The number of ether oxygens (including phenoxy) is 4. The van der Waals surface area contributed by atoms with Gasteiger partial charge in [0.05, 0.1) is 72.5 Å². The van der Waals surface area contributed by atoms with E-state index < -0.39 is 5.97 Å². The van der Waals surface area contributed by atoms with Gasteiger partial charge >= 0.3 is 5.97 Å². The Kier molecular flexibility index (Phi) is 18.4. The number of aliphatic carboxylic acids is 1. The predicted octanol–water partition coefficient (Wildman–Crippen LogP) is 0.413. The second-order valence-electron chi connectivity index (χ2n) is 4.55. The zero-order valence-corrected chi connectivity index (χ0v) is 15.1. The van der Waals surface area contributed by atoms with E-state index in [1.807, 2.05) is 17.5 Å². The van der Waals surface area contributed by atoms with Crippen molar-refractivity contribution < 1.29 is 39.1 Å².